The van der Waals surface area contributed by atoms with Crippen molar-refractivity contribution >= 4 is 23.5 Å². The zero-order valence-electron chi connectivity index (χ0n) is 15.5. The van der Waals surface area contributed by atoms with Crippen molar-refractivity contribution < 1.29 is 4.74 Å². The fourth-order valence-corrected chi connectivity index (χ4v) is 3.23. The molecule has 1 aliphatic rings. The highest BCUT2D eigenvalue weighted by Gasteiger charge is 2.26. The van der Waals surface area contributed by atoms with E-state index in [2.05, 4.69) is 53.9 Å². The van der Waals surface area contributed by atoms with E-state index in [1.54, 1.807) is 13.3 Å². The number of allylic oxidation sites excluding steroid dienone is 1. The van der Waals surface area contributed by atoms with Gasteiger partial charge in [0.2, 0.25) is 5.95 Å². The SMILES string of the molecule is C=CCc1cc(Cc2cnc(N)nc2N)c2c(c1OC)NC(C)(C)C=C2. The number of nitrogen functional groups attached to an aromatic ring is 2. The van der Waals surface area contributed by atoms with Crippen LogP contribution >= 0.6 is 0 Å². The van der Waals surface area contributed by atoms with Crippen molar-refractivity contribution in [2.75, 3.05) is 23.9 Å². The van der Waals surface area contributed by atoms with Crippen LogP contribution in [0, 0.1) is 0 Å². The van der Waals surface area contributed by atoms with Crippen LogP contribution in [0.2, 0.25) is 0 Å². The summed E-state index contributed by atoms with van der Waals surface area (Å²) in [7, 11) is 1.70. The van der Waals surface area contributed by atoms with E-state index < -0.39 is 0 Å². The maximum atomic E-state index is 6.04. The lowest BCUT2D eigenvalue weighted by atomic mass is 9.89. The molecule has 2 aromatic rings. The Labute approximate surface area is 154 Å². The molecule has 2 heterocycles. The average Bonchev–Trinajstić information content (AvgIpc) is 2.56. The molecule has 0 radical (unpaired) electrons. The molecule has 136 valence electrons. The molecule has 0 bridgehead atoms. The van der Waals surface area contributed by atoms with Crippen molar-refractivity contribution in [1.82, 2.24) is 9.97 Å². The Bertz CT molecular complexity index is 886. The number of ether oxygens (including phenoxy) is 1. The first kappa shape index (κ1) is 17.8. The molecule has 0 saturated carbocycles. The van der Waals surface area contributed by atoms with Crippen LogP contribution in [0.25, 0.3) is 6.08 Å². The Kier molecular flexibility index (Phi) is 4.59. The van der Waals surface area contributed by atoms with Gasteiger partial charge in [0, 0.05) is 29.3 Å². The molecule has 0 saturated heterocycles. The normalized spacial score (nSPS) is 14.4. The van der Waals surface area contributed by atoms with Crippen LogP contribution < -0.4 is 21.5 Å². The molecular formula is C20H25N5O. The lowest BCUT2D eigenvalue weighted by Gasteiger charge is -2.32. The van der Waals surface area contributed by atoms with E-state index in [1.165, 1.54) is 0 Å². The lowest BCUT2D eigenvalue weighted by Crippen LogP contribution is -2.31. The molecule has 0 fully saturated rings. The molecular weight excluding hydrogens is 326 g/mol. The largest absolute Gasteiger partial charge is 0.494 e. The number of hydrogen-bond acceptors (Lipinski definition) is 6. The number of anilines is 3. The second-order valence-electron chi connectivity index (χ2n) is 7.01. The Morgan fingerprint density at radius 2 is 2.04 bits per heavy atom. The van der Waals surface area contributed by atoms with Gasteiger partial charge in [-0.2, -0.15) is 4.98 Å². The van der Waals surface area contributed by atoms with Crippen molar-refractivity contribution in [1.29, 1.82) is 0 Å². The van der Waals surface area contributed by atoms with Crippen molar-refractivity contribution in [3.63, 3.8) is 0 Å². The summed E-state index contributed by atoms with van der Waals surface area (Å²) in [5.74, 6) is 1.43. The summed E-state index contributed by atoms with van der Waals surface area (Å²) in [6.45, 7) is 8.11. The molecule has 26 heavy (non-hydrogen) atoms. The lowest BCUT2D eigenvalue weighted by molar-refractivity contribution is 0.411. The first-order chi connectivity index (χ1) is 12.3. The van der Waals surface area contributed by atoms with Gasteiger partial charge >= 0.3 is 0 Å². The smallest absolute Gasteiger partial charge is 0.221 e. The zero-order chi connectivity index (χ0) is 18.9. The van der Waals surface area contributed by atoms with Crippen LogP contribution in [0.15, 0.2) is 31.0 Å². The first-order valence-electron chi connectivity index (χ1n) is 8.52. The predicted molar refractivity (Wildman–Crippen MR) is 107 cm³/mol. The van der Waals surface area contributed by atoms with Gasteiger partial charge in [0.15, 0.2) is 0 Å². The molecule has 0 atom stereocenters. The number of aromatic nitrogens is 2. The second kappa shape index (κ2) is 6.71. The van der Waals surface area contributed by atoms with Crippen LogP contribution in [0.5, 0.6) is 5.75 Å². The van der Waals surface area contributed by atoms with Crippen LogP contribution in [-0.2, 0) is 12.8 Å². The van der Waals surface area contributed by atoms with Gasteiger partial charge in [-0.15, -0.1) is 6.58 Å². The van der Waals surface area contributed by atoms with E-state index in [1.807, 2.05) is 6.08 Å². The number of fused-ring (bicyclic) bond motifs is 1. The van der Waals surface area contributed by atoms with E-state index in [9.17, 15) is 0 Å². The monoisotopic (exact) mass is 351 g/mol. The quantitative estimate of drug-likeness (QED) is 0.716. The molecule has 0 spiro atoms. The van der Waals surface area contributed by atoms with Gasteiger partial charge in [-0.3, -0.25) is 0 Å². The molecule has 0 unspecified atom stereocenters. The van der Waals surface area contributed by atoms with Gasteiger partial charge < -0.3 is 21.5 Å². The van der Waals surface area contributed by atoms with Crippen LogP contribution in [-0.4, -0.2) is 22.6 Å². The van der Waals surface area contributed by atoms with Crippen LogP contribution in [0.1, 0.15) is 36.1 Å². The third-order valence-electron chi connectivity index (χ3n) is 4.46. The third kappa shape index (κ3) is 3.35. The van der Waals surface area contributed by atoms with E-state index in [-0.39, 0.29) is 11.5 Å². The number of hydrogen-bond donors (Lipinski definition) is 3. The summed E-state index contributed by atoms with van der Waals surface area (Å²) in [4.78, 5) is 8.14. The number of nitrogens with two attached hydrogens (primary N) is 2. The van der Waals surface area contributed by atoms with E-state index in [0.29, 0.717) is 18.7 Å². The first-order valence-corrected chi connectivity index (χ1v) is 8.52. The van der Waals surface area contributed by atoms with Gasteiger partial charge in [0.1, 0.15) is 11.6 Å². The topological polar surface area (TPSA) is 99.1 Å². The summed E-state index contributed by atoms with van der Waals surface area (Å²) < 4.78 is 5.72. The summed E-state index contributed by atoms with van der Waals surface area (Å²) in [6.07, 6.45) is 9.16. The Morgan fingerprint density at radius 3 is 2.69 bits per heavy atom. The highest BCUT2D eigenvalue weighted by Crippen LogP contribution is 2.41. The van der Waals surface area contributed by atoms with E-state index in [4.69, 9.17) is 16.2 Å². The maximum absolute atomic E-state index is 6.04. The second-order valence-corrected chi connectivity index (χ2v) is 7.01. The maximum Gasteiger partial charge on any atom is 0.221 e. The third-order valence-corrected chi connectivity index (χ3v) is 4.46. The molecule has 1 aromatic carbocycles. The van der Waals surface area contributed by atoms with Gasteiger partial charge in [-0.25, -0.2) is 4.98 Å². The van der Waals surface area contributed by atoms with Crippen molar-refractivity contribution in [2.45, 2.75) is 32.2 Å². The van der Waals surface area contributed by atoms with Crippen molar-refractivity contribution in [2.24, 2.45) is 0 Å². The fraction of sp³-hybridized carbons (Fsp3) is 0.300. The standard InChI is InChI=1S/C20H25N5O/c1-5-6-12-9-13(10-14-11-23-19(22)24-18(14)21)15-7-8-20(2,3)25-16(15)17(12)26-4/h5,7-9,11,25H,1,6,10H2,2-4H3,(H4,21,22,23,24). The number of benzene rings is 1. The zero-order valence-corrected chi connectivity index (χ0v) is 15.5. The van der Waals surface area contributed by atoms with E-state index in [0.717, 1.165) is 33.7 Å². The van der Waals surface area contributed by atoms with Crippen LogP contribution in [0.4, 0.5) is 17.5 Å². The molecule has 0 aliphatic carbocycles. The van der Waals surface area contributed by atoms with Gasteiger partial charge in [-0.05, 0) is 25.8 Å². The predicted octanol–water partition coefficient (Wildman–Crippen LogP) is 3.19. The van der Waals surface area contributed by atoms with Gasteiger partial charge in [0.25, 0.3) is 0 Å². The number of nitrogens with one attached hydrogen (secondary N) is 1. The Balaban J connectivity index is 2.15. The highest BCUT2D eigenvalue weighted by molar-refractivity contribution is 5.81. The van der Waals surface area contributed by atoms with Gasteiger partial charge in [-0.1, -0.05) is 24.3 Å². The number of methoxy groups -OCH3 is 1. The minimum Gasteiger partial charge on any atom is -0.494 e. The summed E-state index contributed by atoms with van der Waals surface area (Å²) in [6, 6.07) is 2.14. The Hall–Kier alpha value is -3.02. The molecule has 0 amide bonds. The minimum absolute atomic E-state index is 0.159. The molecule has 3 rings (SSSR count). The fourth-order valence-electron chi connectivity index (χ4n) is 3.23. The van der Waals surface area contributed by atoms with Crippen molar-refractivity contribution in [3.05, 3.63) is 53.2 Å². The molecule has 5 N–H and O–H groups in total. The number of nitrogens with zero attached hydrogens (tertiary/aromatic N) is 2. The van der Waals surface area contributed by atoms with Gasteiger partial charge in [0.05, 0.1) is 18.3 Å². The Morgan fingerprint density at radius 1 is 1.27 bits per heavy atom. The summed E-state index contributed by atoms with van der Waals surface area (Å²) in [5.41, 5.74) is 16.6. The summed E-state index contributed by atoms with van der Waals surface area (Å²) >= 11 is 0. The van der Waals surface area contributed by atoms with Crippen LogP contribution in [0.3, 0.4) is 0 Å². The molecule has 6 nitrogen and oxygen atoms in total. The minimum atomic E-state index is -0.159. The van der Waals surface area contributed by atoms with Crippen molar-refractivity contribution in [3.8, 4) is 5.75 Å². The van der Waals surface area contributed by atoms with E-state index >= 15 is 0 Å². The molecule has 6 heteroatoms. The highest BCUT2D eigenvalue weighted by atomic mass is 16.5. The molecule has 1 aliphatic heterocycles. The summed E-state index contributed by atoms with van der Waals surface area (Å²) in [5, 5.41) is 3.58. The number of rotatable bonds is 5. The average molecular weight is 351 g/mol. The molecule has 1 aromatic heterocycles.